The maximum atomic E-state index is 12.2. The molecule has 1 fully saturated rings. The monoisotopic (exact) mass is 303 g/mol. The van der Waals surface area contributed by atoms with Crippen molar-refractivity contribution in [1.82, 2.24) is 19.6 Å². The second kappa shape index (κ2) is 6.39. The van der Waals surface area contributed by atoms with E-state index in [-0.39, 0.29) is 18.0 Å². The van der Waals surface area contributed by atoms with Crippen LogP contribution in [0.2, 0.25) is 0 Å². The van der Waals surface area contributed by atoms with Crippen LogP contribution < -0.4 is 5.32 Å². The first-order valence-electron chi connectivity index (χ1n) is 7.75. The molecule has 2 heterocycles. The van der Waals surface area contributed by atoms with E-state index in [9.17, 15) is 4.79 Å². The van der Waals surface area contributed by atoms with Gasteiger partial charge in [0.25, 0.3) is 17.6 Å². The zero-order valence-corrected chi connectivity index (χ0v) is 12.9. The number of nitrogens with one attached hydrogen (secondary N) is 1. The predicted molar refractivity (Wildman–Crippen MR) is 81.4 cm³/mol. The SMILES string of the molecule is C[C@@H]1CCC[C@H](O[C@H](C)C(=O)Nc2nc3ncccn3n2)C1. The zero-order chi connectivity index (χ0) is 15.5. The Morgan fingerprint density at radius 1 is 1.50 bits per heavy atom. The third kappa shape index (κ3) is 3.41. The molecule has 2 aromatic rings. The van der Waals surface area contributed by atoms with Gasteiger partial charge in [-0.2, -0.15) is 4.98 Å². The van der Waals surface area contributed by atoms with Crippen molar-refractivity contribution in [3.05, 3.63) is 18.5 Å². The third-order valence-electron chi connectivity index (χ3n) is 4.01. The molecule has 118 valence electrons. The van der Waals surface area contributed by atoms with Crippen LogP contribution in [0, 0.1) is 5.92 Å². The minimum atomic E-state index is -0.519. The van der Waals surface area contributed by atoms with Gasteiger partial charge in [0.1, 0.15) is 6.10 Å². The van der Waals surface area contributed by atoms with Crippen molar-refractivity contribution >= 4 is 17.6 Å². The fourth-order valence-corrected chi connectivity index (χ4v) is 2.85. The number of fused-ring (bicyclic) bond motifs is 1. The molecule has 0 bridgehead atoms. The van der Waals surface area contributed by atoms with E-state index < -0.39 is 6.10 Å². The maximum Gasteiger partial charge on any atom is 0.255 e. The van der Waals surface area contributed by atoms with Crippen LogP contribution in [-0.4, -0.2) is 37.7 Å². The molecule has 1 aliphatic rings. The molecule has 2 aromatic heterocycles. The quantitative estimate of drug-likeness (QED) is 0.935. The number of amides is 1. The summed E-state index contributed by atoms with van der Waals surface area (Å²) in [4.78, 5) is 20.4. The van der Waals surface area contributed by atoms with Gasteiger partial charge in [-0.25, -0.2) is 9.50 Å². The van der Waals surface area contributed by atoms with E-state index in [1.807, 2.05) is 0 Å². The summed E-state index contributed by atoms with van der Waals surface area (Å²) in [5.41, 5.74) is 0. The molecule has 3 atom stereocenters. The summed E-state index contributed by atoms with van der Waals surface area (Å²) in [5, 5.41) is 6.83. The average molecular weight is 303 g/mol. The molecule has 1 amide bonds. The van der Waals surface area contributed by atoms with E-state index in [1.54, 1.807) is 25.4 Å². The summed E-state index contributed by atoms with van der Waals surface area (Å²) in [6.07, 6.45) is 7.47. The van der Waals surface area contributed by atoms with Crippen molar-refractivity contribution in [3.63, 3.8) is 0 Å². The number of carbonyl (C=O) groups excluding carboxylic acids is 1. The Hall–Kier alpha value is -2.02. The largest absolute Gasteiger partial charge is 0.365 e. The molecule has 0 aromatic carbocycles. The highest BCUT2D eigenvalue weighted by Crippen LogP contribution is 2.26. The Morgan fingerprint density at radius 2 is 2.36 bits per heavy atom. The van der Waals surface area contributed by atoms with Gasteiger partial charge < -0.3 is 4.74 Å². The lowest BCUT2D eigenvalue weighted by Gasteiger charge is -2.28. The lowest BCUT2D eigenvalue weighted by atomic mass is 9.88. The highest BCUT2D eigenvalue weighted by Gasteiger charge is 2.24. The van der Waals surface area contributed by atoms with Crippen molar-refractivity contribution in [3.8, 4) is 0 Å². The van der Waals surface area contributed by atoms with Crippen molar-refractivity contribution in [1.29, 1.82) is 0 Å². The minimum Gasteiger partial charge on any atom is -0.365 e. The topological polar surface area (TPSA) is 81.4 Å². The second-order valence-electron chi connectivity index (χ2n) is 5.96. The van der Waals surface area contributed by atoms with Crippen LogP contribution >= 0.6 is 0 Å². The molecule has 0 unspecified atom stereocenters. The number of hydrogen-bond acceptors (Lipinski definition) is 5. The zero-order valence-electron chi connectivity index (χ0n) is 12.9. The van der Waals surface area contributed by atoms with Crippen molar-refractivity contribution in [2.45, 2.75) is 51.7 Å². The Kier molecular flexibility index (Phi) is 4.33. The van der Waals surface area contributed by atoms with E-state index in [0.717, 1.165) is 12.8 Å². The standard InChI is InChI=1S/C15H21N5O2/c1-10-5-3-6-12(9-10)22-11(2)13(21)17-14-18-15-16-7-4-8-20(15)19-14/h4,7-8,10-12H,3,5-6,9H2,1-2H3,(H,17,19,21)/t10-,11-,12+/m1/s1. The van der Waals surface area contributed by atoms with E-state index in [4.69, 9.17) is 4.74 Å². The third-order valence-corrected chi connectivity index (χ3v) is 4.01. The second-order valence-corrected chi connectivity index (χ2v) is 5.96. The molecule has 22 heavy (non-hydrogen) atoms. The van der Waals surface area contributed by atoms with E-state index in [2.05, 4.69) is 27.3 Å². The van der Waals surface area contributed by atoms with Gasteiger partial charge in [0.2, 0.25) is 0 Å². The smallest absolute Gasteiger partial charge is 0.255 e. The Bertz CT molecular complexity index is 623. The number of rotatable bonds is 4. The average Bonchev–Trinajstić information content (AvgIpc) is 2.89. The van der Waals surface area contributed by atoms with Crippen LogP contribution in [-0.2, 0) is 9.53 Å². The van der Waals surface area contributed by atoms with Crippen LogP contribution in [0.25, 0.3) is 5.78 Å². The first kappa shape index (κ1) is 14.9. The number of anilines is 1. The van der Waals surface area contributed by atoms with Gasteiger partial charge in [0.15, 0.2) is 0 Å². The van der Waals surface area contributed by atoms with E-state index in [0.29, 0.717) is 11.7 Å². The summed E-state index contributed by atoms with van der Waals surface area (Å²) >= 11 is 0. The van der Waals surface area contributed by atoms with Gasteiger partial charge >= 0.3 is 0 Å². The van der Waals surface area contributed by atoms with E-state index >= 15 is 0 Å². The van der Waals surface area contributed by atoms with E-state index in [1.165, 1.54) is 17.4 Å². The molecule has 3 rings (SSSR count). The van der Waals surface area contributed by atoms with Crippen molar-refractivity contribution in [2.75, 3.05) is 5.32 Å². The van der Waals surface area contributed by atoms with Crippen LogP contribution in [0.3, 0.4) is 0 Å². The Balaban J connectivity index is 1.58. The highest BCUT2D eigenvalue weighted by atomic mass is 16.5. The molecule has 1 N–H and O–H groups in total. The van der Waals surface area contributed by atoms with Gasteiger partial charge in [0.05, 0.1) is 6.10 Å². The van der Waals surface area contributed by atoms with Gasteiger partial charge in [0, 0.05) is 12.4 Å². The summed E-state index contributed by atoms with van der Waals surface area (Å²) in [6, 6.07) is 1.75. The van der Waals surface area contributed by atoms with Gasteiger partial charge in [-0.05, 0) is 31.7 Å². The number of hydrogen-bond donors (Lipinski definition) is 1. The lowest BCUT2D eigenvalue weighted by Crippen LogP contribution is -2.34. The molecule has 0 aliphatic heterocycles. The number of nitrogens with zero attached hydrogens (tertiary/aromatic N) is 4. The Morgan fingerprint density at radius 3 is 3.14 bits per heavy atom. The summed E-state index contributed by atoms with van der Waals surface area (Å²) in [7, 11) is 0. The number of aromatic nitrogens is 4. The molecule has 7 nitrogen and oxygen atoms in total. The molecular weight excluding hydrogens is 282 g/mol. The normalized spacial score (nSPS) is 23.4. The minimum absolute atomic E-state index is 0.167. The number of ether oxygens (including phenoxy) is 1. The predicted octanol–water partition coefficient (Wildman–Crippen LogP) is 2.05. The first-order chi connectivity index (χ1) is 10.6. The summed E-state index contributed by atoms with van der Waals surface area (Å²) < 4.78 is 7.40. The first-order valence-corrected chi connectivity index (χ1v) is 7.75. The number of carbonyl (C=O) groups is 1. The molecule has 0 spiro atoms. The van der Waals surface area contributed by atoms with Gasteiger partial charge in [-0.1, -0.05) is 19.8 Å². The van der Waals surface area contributed by atoms with Gasteiger partial charge in [-0.15, -0.1) is 5.10 Å². The van der Waals surface area contributed by atoms with Crippen molar-refractivity contribution < 1.29 is 9.53 Å². The van der Waals surface area contributed by atoms with Crippen LogP contribution in [0.1, 0.15) is 39.5 Å². The molecule has 0 saturated heterocycles. The van der Waals surface area contributed by atoms with Crippen LogP contribution in [0.4, 0.5) is 5.95 Å². The fourth-order valence-electron chi connectivity index (χ4n) is 2.85. The molecule has 1 aliphatic carbocycles. The van der Waals surface area contributed by atoms with Crippen LogP contribution in [0.5, 0.6) is 0 Å². The summed E-state index contributed by atoms with van der Waals surface area (Å²) in [6.45, 7) is 4.00. The summed E-state index contributed by atoms with van der Waals surface area (Å²) in [5.74, 6) is 1.14. The maximum absolute atomic E-state index is 12.2. The van der Waals surface area contributed by atoms with Gasteiger partial charge in [-0.3, -0.25) is 10.1 Å². The Labute approximate surface area is 129 Å². The molecular formula is C15H21N5O2. The fraction of sp³-hybridized carbons (Fsp3) is 0.600. The molecule has 0 radical (unpaired) electrons. The lowest BCUT2D eigenvalue weighted by molar-refractivity contribution is -0.131. The van der Waals surface area contributed by atoms with Crippen LogP contribution in [0.15, 0.2) is 18.5 Å². The molecule has 7 heteroatoms. The van der Waals surface area contributed by atoms with Crippen molar-refractivity contribution in [2.24, 2.45) is 5.92 Å². The molecule has 1 saturated carbocycles. The highest BCUT2D eigenvalue weighted by molar-refractivity contribution is 5.92.